The maximum atomic E-state index is 12.9. The number of ether oxygens (including phenoxy) is 2. The molecule has 4 heteroatoms. The molecule has 0 saturated carbocycles. The third-order valence-corrected chi connectivity index (χ3v) is 5.75. The summed E-state index contributed by atoms with van der Waals surface area (Å²) in [7, 11) is 2.00. The first-order chi connectivity index (χ1) is 15.0. The fraction of sp³-hybridized carbons (Fsp3) is 0.148. The molecule has 2 heterocycles. The highest BCUT2D eigenvalue weighted by Gasteiger charge is 2.28. The third-order valence-electron chi connectivity index (χ3n) is 5.75. The topological polar surface area (TPSA) is 40.5 Å². The first-order valence-corrected chi connectivity index (χ1v) is 10.3. The fourth-order valence-corrected chi connectivity index (χ4v) is 4.00. The Hall–Kier alpha value is -3.79. The molecule has 31 heavy (non-hydrogen) atoms. The molecular formula is C27H23NO3. The summed E-state index contributed by atoms with van der Waals surface area (Å²) in [5, 5.41) is 1.09. The molecule has 0 unspecified atom stereocenters. The van der Waals surface area contributed by atoms with E-state index in [2.05, 4.69) is 38.1 Å². The van der Waals surface area contributed by atoms with Crippen LogP contribution in [0.4, 0.5) is 0 Å². The van der Waals surface area contributed by atoms with E-state index in [4.69, 9.17) is 9.47 Å². The van der Waals surface area contributed by atoms with Crippen molar-refractivity contribution in [3.8, 4) is 11.5 Å². The van der Waals surface area contributed by atoms with Crippen molar-refractivity contribution in [3.63, 3.8) is 0 Å². The molecule has 4 nitrogen and oxygen atoms in total. The summed E-state index contributed by atoms with van der Waals surface area (Å²) in [6.07, 6.45) is 3.83. The Labute approximate surface area is 181 Å². The minimum absolute atomic E-state index is 0.107. The van der Waals surface area contributed by atoms with Crippen LogP contribution in [0.5, 0.6) is 11.5 Å². The summed E-state index contributed by atoms with van der Waals surface area (Å²) in [4.78, 5) is 12.9. The third kappa shape index (κ3) is 3.50. The van der Waals surface area contributed by atoms with Crippen molar-refractivity contribution in [3.05, 3.63) is 100 Å². The summed E-state index contributed by atoms with van der Waals surface area (Å²) >= 11 is 0. The lowest BCUT2D eigenvalue weighted by molar-refractivity contribution is 0.101. The summed E-state index contributed by atoms with van der Waals surface area (Å²) in [6, 6.07) is 19.8. The standard InChI is InChI=1S/C27H23NO3/c1-17-8-9-18(2)20(12-17)16-30-21-10-11-23-25(14-21)31-26(27(23)29)13-19-15-28(3)24-7-5-4-6-22(19)24/h4-15H,16H2,1-3H3/b26-13-. The molecule has 0 bridgehead atoms. The van der Waals surface area contributed by atoms with E-state index in [1.807, 2.05) is 48.2 Å². The minimum atomic E-state index is -0.107. The number of fused-ring (bicyclic) bond motifs is 2. The monoisotopic (exact) mass is 409 g/mol. The van der Waals surface area contributed by atoms with Crippen LogP contribution >= 0.6 is 0 Å². The van der Waals surface area contributed by atoms with Gasteiger partial charge in [-0.2, -0.15) is 0 Å². The predicted molar refractivity (Wildman–Crippen MR) is 123 cm³/mol. The number of ketones is 1. The summed E-state index contributed by atoms with van der Waals surface area (Å²) in [5.41, 5.74) is 6.17. The Balaban J connectivity index is 1.39. The van der Waals surface area contributed by atoms with Gasteiger partial charge in [0.1, 0.15) is 18.1 Å². The Bertz CT molecular complexity index is 1360. The summed E-state index contributed by atoms with van der Waals surface area (Å²) in [5.74, 6) is 1.44. The van der Waals surface area contributed by atoms with E-state index < -0.39 is 0 Å². The molecule has 0 amide bonds. The zero-order valence-corrected chi connectivity index (χ0v) is 17.8. The highest BCUT2D eigenvalue weighted by molar-refractivity contribution is 6.15. The number of nitrogens with zero attached hydrogens (tertiary/aromatic N) is 1. The van der Waals surface area contributed by atoms with Crippen LogP contribution < -0.4 is 9.47 Å². The van der Waals surface area contributed by atoms with Gasteiger partial charge in [0, 0.05) is 35.8 Å². The molecule has 1 aliphatic rings. The number of benzene rings is 3. The van der Waals surface area contributed by atoms with Gasteiger partial charge in [-0.05, 0) is 49.2 Å². The highest BCUT2D eigenvalue weighted by Crippen LogP contribution is 2.36. The SMILES string of the molecule is Cc1ccc(C)c(COc2ccc3c(c2)O/C(=C\c2cn(C)c4ccccc24)C3=O)c1. The second-order valence-electron chi connectivity index (χ2n) is 8.03. The lowest BCUT2D eigenvalue weighted by Gasteiger charge is -2.10. The van der Waals surface area contributed by atoms with Gasteiger partial charge < -0.3 is 14.0 Å². The van der Waals surface area contributed by atoms with Gasteiger partial charge >= 0.3 is 0 Å². The fourth-order valence-electron chi connectivity index (χ4n) is 4.00. The van der Waals surface area contributed by atoms with Crippen LogP contribution in [0.2, 0.25) is 0 Å². The molecular weight excluding hydrogens is 386 g/mol. The second kappa shape index (κ2) is 7.47. The van der Waals surface area contributed by atoms with Crippen molar-refractivity contribution in [2.24, 2.45) is 7.05 Å². The Morgan fingerprint density at radius 1 is 1.03 bits per heavy atom. The molecule has 0 saturated heterocycles. The van der Waals surface area contributed by atoms with Crippen LogP contribution in [-0.4, -0.2) is 10.4 Å². The minimum Gasteiger partial charge on any atom is -0.489 e. The van der Waals surface area contributed by atoms with Gasteiger partial charge in [0.05, 0.1) is 5.56 Å². The molecule has 0 spiro atoms. The maximum Gasteiger partial charge on any atom is 0.231 e. The van der Waals surface area contributed by atoms with E-state index in [9.17, 15) is 4.79 Å². The van der Waals surface area contributed by atoms with Gasteiger partial charge in [-0.3, -0.25) is 4.79 Å². The van der Waals surface area contributed by atoms with Gasteiger partial charge in [-0.25, -0.2) is 0 Å². The second-order valence-corrected chi connectivity index (χ2v) is 8.03. The molecule has 1 aromatic heterocycles. The molecule has 4 aromatic rings. The first-order valence-electron chi connectivity index (χ1n) is 10.3. The van der Waals surface area contributed by atoms with Crippen molar-refractivity contribution < 1.29 is 14.3 Å². The molecule has 1 aliphatic heterocycles. The van der Waals surface area contributed by atoms with Crippen LogP contribution in [0.3, 0.4) is 0 Å². The first kappa shape index (κ1) is 19.2. The molecule has 154 valence electrons. The molecule has 0 aliphatic carbocycles. The molecule has 0 radical (unpaired) electrons. The molecule has 3 aromatic carbocycles. The van der Waals surface area contributed by atoms with Crippen LogP contribution in [0.25, 0.3) is 17.0 Å². The average molecular weight is 409 g/mol. The number of hydrogen-bond donors (Lipinski definition) is 0. The Morgan fingerprint density at radius 2 is 1.87 bits per heavy atom. The van der Waals surface area contributed by atoms with E-state index in [0.717, 1.165) is 22.0 Å². The number of para-hydroxylation sites is 1. The number of hydrogen-bond acceptors (Lipinski definition) is 3. The molecule has 5 rings (SSSR count). The normalized spacial score (nSPS) is 14.2. The van der Waals surface area contributed by atoms with Crippen molar-refractivity contribution in [1.29, 1.82) is 0 Å². The van der Waals surface area contributed by atoms with E-state index in [1.54, 1.807) is 12.1 Å². The number of carbonyl (C=O) groups is 1. The van der Waals surface area contributed by atoms with Gasteiger partial charge in [0.2, 0.25) is 5.78 Å². The number of carbonyl (C=O) groups excluding carboxylic acids is 1. The lowest BCUT2D eigenvalue weighted by atomic mass is 10.1. The van der Waals surface area contributed by atoms with Crippen LogP contribution in [0, 0.1) is 13.8 Å². The van der Waals surface area contributed by atoms with E-state index in [0.29, 0.717) is 29.4 Å². The zero-order valence-electron chi connectivity index (χ0n) is 17.8. The number of Topliss-reactive ketones (excluding diaryl/α,β-unsaturated/α-hetero) is 1. The summed E-state index contributed by atoms with van der Waals surface area (Å²) < 4.78 is 14.0. The van der Waals surface area contributed by atoms with Crippen LogP contribution in [0.1, 0.15) is 32.6 Å². The number of aryl methyl sites for hydroxylation is 3. The quantitative estimate of drug-likeness (QED) is 0.389. The van der Waals surface area contributed by atoms with Gasteiger partial charge in [-0.1, -0.05) is 42.0 Å². The number of aromatic nitrogens is 1. The Morgan fingerprint density at radius 3 is 2.74 bits per heavy atom. The Kier molecular flexibility index (Phi) is 4.63. The van der Waals surface area contributed by atoms with Gasteiger partial charge in [0.25, 0.3) is 0 Å². The van der Waals surface area contributed by atoms with E-state index in [1.165, 1.54) is 11.1 Å². The number of allylic oxidation sites excluding steroid dienone is 1. The van der Waals surface area contributed by atoms with Crippen molar-refractivity contribution in [2.75, 3.05) is 0 Å². The summed E-state index contributed by atoms with van der Waals surface area (Å²) in [6.45, 7) is 4.62. The largest absolute Gasteiger partial charge is 0.489 e. The van der Waals surface area contributed by atoms with Crippen LogP contribution in [0.15, 0.2) is 72.6 Å². The smallest absolute Gasteiger partial charge is 0.231 e. The maximum absolute atomic E-state index is 12.9. The van der Waals surface area contributed by atoms with Gasteiger partial charge in [0.15, 0.2) is 5.76 Å². The lowest BCUT2D eigenvalue weighted by Crippen LogP contribution is -1.99. The average Bonchev–Trinajstić information content (AvgIpc) is 3.25. The zero-order chi connectivity index (χ0) is 21.5. The van der Waals surface area contributed by atoms with Crippen molar-refractivity contribution >= 4 is 22.8 Å². The number of rotatable bonds is 4. The van der Waals surface area contributed by atoms with E-state index >= 15 is 0 Å². The van der Waals surface area contributed by atoms with Crippen LogP contribution in [-0.2, 0) is 13.7 Å². The predicted octanol–water partition coefficient (Wildman–Crippen LogP) is 5.99. The van der Waals surface area contributed by atoms with Crippen molar-refractivity contribution in [2.45, 2.75) is 20.5 Å². The highest BCUT2D eigenvalue weighted by atomic mass is 16.5. The molecule has 0 fully saturated rings. The van der Waals surface area contributed by atoms with E-state index in [-0.39, 0.29) is 5.78 Å². The van der Waals surface area contributed by atoms with Gasteiger partial charge in [-0.15, -0.1) is 0 Å². The molecule has 0 N–H and O–H groups in total. The molecule has 0 atom stereocenters. The van der Waals surface area contributed by atoms with Crippen molar-refractivity contribution in [1.82, 2.24) is 4.57 Å².